The van der Waals surface area contributed by atoms with Gasteiger partial charge in [0.15, 0.2) is 5.13 Å². The van der Waals surface area contributed by atoms with Crippen molar-refractivity contribution in [3.05, 3.63) is 70.1 Å². The summed E-state index contributed by atoms with van der Waals surface area (Å²) in [4.78, 5) is 43.0. The number of rotatable bonds is 7. The van der Waals surface area contributed by atoms with Gasteiger partial charge in [-0.05, 0) is 42.8 Å². The average molecular weight is 457 g/mol. The molecule has 0 spiro atoms. The Balaban J connectivity index is 1.50. The predicted molar refractivity (Wildman–Crippen MR) is 114 cm³/mol. The lowest BCUT2D eigenvalue weighted by Crippen LogP contribution is -2.31. The van der Waals surface area contributed by atoms with Crippen LogP contribution in [0.25, 0.3) is 11.3 Å². The molecule has 2 aromatic carbocycles. The molecule has 1 N–H and O–H groups in total. The minimum Gasteiger partial charge on any atom is -0.385 e. The van der Waals surface area contributed by atoms with E-state index < -0.39 is 29.4 Å². The number of hydrogen-bond donors (Lipinski definition) is 1. The maximum Gasteiger partial charge on any atom is 0.261 e. The molecule has 0 radical (unpaired) electrons. The van der Waals surface area contributed by atoms with Crippen LogP contribution in [0, 0.1) is 11.6 Å². The molecule has 3 aromatic rings. The number of carbonyl (C=O) groups is 3. The van der Waals surface area contributed by atoms with E-state index in [2.05, 4.69) is 10.3 Å². The van der Waals surface area contributed by atoms with E-state index in [1.807, 2.05) is 0 Å². The molecule has 7 nitrogen and oxygen atoms in total. The van der Waals surface area contributed by atoms with Crippen LogP contribution in [0.2, 0.25) is 0 Å². The molecule has 3 amide bonds. The first-order valence-corrected chi connectivity index (χ1v) is 10.5. The molecule has 1 aromatic heterocycles. The Kier molecular flexibility index (Phi) is 6.06. The van der Waals surface area contributed by atoms with Crippen LogP contribution in [0.15, 0.2) is 41.8 Å². The highest BCUT2D eigenvalue weighted by atomic mass is 32.1. The van der Waals surface area contributed by atoms with E-state index in [0.717, 1.165) is 34.4 Å². The number of halogens is 2. The van der Waals surface area contributed by atoms with Crippen LogP contribution >= 0.6 is 11.3 Å². The van der Waals surface area contributed by atoms with Gasteiger partial charge in [0.2, 0.25) is 0 Å². The SMILES string of the molecule is COCCCN1C(=O)c2ccc(C(=O)Nc3nc(-c4cc(F)ccc4F)cs3)cc2C1=O. The summed E-state index contributed by atoms with van der Waals surface area (Å²) in [6, 6.07) is 7.28. The third-order valence-electron chi connectivity index (χ3n) is 4.89. The first-order chi connectivity index (χ1) is 15.4. The van der Waals surface area contributed by atoms with Gasteiger partial charge in [0, 0.05) is 36.8 Å². The van der Waals surface area contributed by atoms with Crippen molar-refractivity contribution in [3.63, 3.8) is 0 Å². The predicted octanol–water partition coefficient (Wildman–Crippen LogP) is 3.97. The summed E-state index contributed by atoms with van der Waals surface area (Å²) >= 11 is 1.05. The van der Waals surface area contributed by atoms with Crippen molar-refractivity contribution in [1.82, 2.24) is 9.88 Å². The highest BCUT2D eigenvalue weighted by molar-refractivity contribution is 7.14. The van der Waals surface area contributed by atoms with Crippen molar-refractivity contribution in [2.45, 2.75) is 6.42 Å². The minimum atomic E-state index is -0.633. The average Bonchev–Trinajstić information content (AvgIpc) is 3.33. The van der Waals surface area contributed by atoms with Crippen molar-refractivity contribution in [3.8, 4) is 11.3 Å². The van der Waals surface area contributed by atoms with E-state index >= 15 is 0 Å². The quantitative estimate of drug-likeness (QED) is 0.428. The maximum absolute atomic E-state index is 14.0. The van der Waals surface area contributed by atoms with Gasteiger partial charge in [0.25, 0.3) is 17.7 Å². The Morgan fingerprint density at radius 2 is 1.88 bits per heavy atom. The first-order valence-electron chi connectivity index (χ1n) is 9.60. The Bertz CT molecular complexity index is 1230. The lowest BCUT2D eigenvalue weighted by molar-refractivity contribution is 0.0638. The summed E-state index contributed by atoms with van der Waals surface area (Å²) < 4.78 is 32.3. The van der Waals surface area contributed by atoms with E-state index in [9.17, 15) is 23.2 Å². The fraction of sp³-hybridized carbons (Fsp3) is 0.182. The Morgan fingerprint density at radius 3 is 2.66 bits per heavy atom. The van der Waals surface area contributed by atoms with Crippen LogP contribution < -0.4 is 5.32 Å². The number of nitrogens with one attached hydrogen (secondary N) is 1. The summed E-state index contributed by atoms with van der Waals surface area (Å²) in [5.74, 6) is -2.66. The molecule has 10 heteroatoms. The molecular formula is C22H17F2N3O4S. The van der Waals surface area contributed by atoms with Crippen LogP contribution in [-0.4, -0.2) is 47.9 Å². The van der Waals surface area contributed by atoms with Gasteiger partial charge >= 0.3 is 0 Å². The van der Waals surface area contributed by atoms with Crippen molar-refractivity contribution in [1.29, 1.82) is 0 Å². The van der Waals surface area contributed by atoms with Gasteiger partial charge in [-0.1, -0.05) is 0 Å². The lowest BCUT2D eigenvalue weighted by Gasteiger charge is -2.12. The summed E-state index contributed by atoms with van der Waals surface area (Å²) in [6.45, 7) is 0.636. The fourth-order valence-electron chi connectivity index (χ4n) is 3.32. The summed E-state index contributed by atoms with van der Waals surface area (Å²) in [5, 5.41) is 4.25. The number of benzene rings is 2. The van der Waals surface area contributed by atoms with Crippen molar-refractivity contribution >= 4 is 34.2 Å². The summed E-state index contributed by atoms with van der Waals surface area (Å²) in [7, 11) is 1.54. The van der Waals surface area contributed by atoms with Gasteiger partial charge in [-0.15, -0.1) is 11.3 Å². The number of nitrogens with zero attached hydrogens (tertiary/aromatic N) is 2. The number of ether oxygens (including phenoxy) is 1. The van der Waals surface area contributed by atoms with E-state index in [1.165, 1.54) is 30.7 Å². The van der Waals surface area contributed by atoms with Crippen LogP contribution in [0.3, 0.4) is 0 Å². The Morgan fingerprint density at radius 1 is 1.09 bits per heavy atom. The van der Waals surface area contributed by atoms with E-state index in [1.54, 1.807) is 0 Å². The number of thiazole rings is 1. The minimum absolute atomic E-state index is 0.0167. The third kappa shape index (κ3) is 4.14. The molecule has 1 aliphatic heterocycles. The van der Waals surface area contributed by atoms with E-state index in [0.29, 0.717) is 13.0 Å². The van der Waals surface area contributed by atoms with Gasteiger partial charge in [-0.25, -0.2) is 13.8 Å². The molecule has 4 rings (SSSR count). The largest absolute Gasteiger partial charge is 0.385 e. The lowest BCUT2D eigenvalue weighted by atomic mass is 10.1. The van der Waals surface area contributed by atoms with Gasteiger partial charge in [0.05, 0.1) is 16.8 Å². The zero-order valence-electron chi connectivity index (χ0n) is 16.9. The molecule has 2 heterocycles. The molecule has 1 aliphatic rings. The molecule has 0 saturated heterocycles. The highest BCUT2D eigenvalue weighted by Gasteiger charge is 2.35. The molecule has 0 saturated carbocycles. The second-order valence-corrected chi connectivity index (χ2v) is 7.84. The molecule has 0 bridgehead atoms. The summed E-state index contributed by atoms with van der Waals surface area (Å²) in [5.41, 5.74) is 0.724. The number of fused-ring (bicyclic) bond motifs is 1. The topological polar surface area (TPSA) is 88.6 Å². The molecule has 164 valence electrons. The smallest absolute Gasteiger partial charge is 0.261 e. The van der Waals surface area contributed by atoms with Gasteiger partial charge < -0.3 is 4.74 Å². The molecular weight excluding hydrogens is 440 g/mol. The highest BCUT2D eigenvalue weighted by Crippen LogP contribution is 2.29. The molecule has 0 atom stereocenters. The third-order valence-corrected chi connectivity index (χ3v) is 5.65. The zero-order chi connectivity index (χ0) is 22.8. The van der Waals surface area contributed by atoms with Crippen LogP contribution in [0.1, 0.15) is 37.5 Å². The van der Waals surface area contributed by atoms with Crippen LogP contribution in [0.5, 0.6) is 0 Å². The Hall–Kier alpha value is -3.50. The number of methoxy groups -OCH3 is 1. The number of carbonyl (C=O) groups excluding carboxylic acids is 3. The zero-order valence-corrected chi connectivity index (χ0v) is 17.7. The van der Waals surface area contributed by atoms with Crippen LogP contribution in [-0.2, 0) is 4.74 Å². The van der Waals surface area contributed by atoms with Gasteiger partial charge in [0.1, 0.15) is 11.6 Å². The van der Waals surface area contributed by atoms with Crippen molar-refractivity contribution < 1.29 is 27.9 Å². The normalized spacial score (nSPS) is 12.9. The fourth-order valence-corrected chi connectivity index (χ4v) is 4.03. The number of amides is 3. The number of anilines is 1. The monoisotopic (exact) mass is 457 g/mol. The van der Waals surface area contributed by atoms with Crippen LogP contribution in [0.4, 0.5) is 13.9 Å². The van der Waals surface area contributed by atoms with Crippen molar-refractivity contribution in [2.24, 2.45) is 0 Å². The Labute approximate surface area is 185 Å². The summed E-state index contributed by atoms with van der Waals surface area (Å²) in [6.07, 6.45) is 0.508. The van der Waals surface area contributed by atoms with E-state index in [-0.39, 0.29) is 39.6 Å². The number of aromatic nitrogens is 1. The second-order valence-electron chi connectivity index (χ2n) is 6.98. The first kappa shape index (κ1) is 21.7. The van der Waals surface area contributed by atoms with Crippen molar-refractivity contribution in [2.75, 3.05) is 25.6 Å². The van der Waals surface area contributed by atoms with Gasteiger partial charge in [-0.3, -0.25) is 24.6 Å². The molecule has 0 fully saturated rings. The van der Waals surface area contributed by atoms with E-state index in [4.69, 9.17) is 4.74 Å². The second kappa shape index (κ2) is 8.93. The standard InChI is InChI=1S/C22H17F2N3O4S/c1-31-8-2-7-27-20(29)14-5-3-12(9-15(14)21(27)30)19(28)26-22-25-18(11-32-22)16-10-13(23)4-6-17(16)24/h3-6,9-11H,2,7-8H2,1H3,(H,25,26,28). The number of imide groups is 1. The molecule has 32 heavy (non-hydrogen) atoms. The number of hydrogen-bond acceptors (Lipinski definition) is 6. The van der Waals surface area contributed by atoms with Gasteiger partial charge in [-0.2, -0.15) is 0 Å². The molecule has 0 aliphatic carbocycles. The maximum atomic E-state index is 14.0. The molecule has 0 unspecified atom stereocenters.